The highest BCUT2D eigenvalue weighted by molar-refractivity contribution is 6.10. The van der Waals surface area contributed by atoms with Gasteiger partial charge in [-0.2, -0.15) is 5.26 Å². The smallest absolute Gasteiger partial charge is 0.293 e. The maximum Gasteiger partial charge on any atom is 0.293 e. The lowest BCUT2D eigenvalue weighted by molar-refractivity contribution is -0.384. The van der Waals surface area contributed by atoms with E-state index in [9.17, 15) is 30.3 Å². The summed E-state index contributed by atoms with van der Waals surface area (Å²) in [6, 6.07) is 13.1. The Hall–Kier alpha value is -4.98. The fraction of sp³-hybridized carbons (Fsp3) is 0.0909. The Morgan fingerprint density at radius 1 is 1.09 bits per heavy atom. The Morgan fingerprint density at radius 3 is 2.45 bits per heavy atom. The summed E-state index contributed by atoms with van der Waals surface area (Å²) in [5, 5.41) is 34.4. The minimum Gasteiger partial charge on any atom is -0.497 e. The van der Waals surface area contributed by atoms with Crippen LogP contribution in [-0.2, 0) is 4.79 Å². The molecule has 11 heteroatoms. The topological polar surface area (TPSA) is 162 Å². The van der Waals surface area contributed by atoms with E-state index >= 15 is 0 Å². The number of carbonyl (C=O) groups is 1. The van der Waals surface area contributed by atoms with Crippen LogP contribution in [0.4, 0.5) is 17.1 Å². The number of hydrogen-bond donors (Lipinski definition) is 1. The Balaban J connectivity index is 1.90. The van der Waals surface area contributed by atoms with Crippen LogP contribution in [0.25, 0.3) is 17.4 Å². The number of hydrogen-bond acceptors (Lipinski definition) is 8. The van der Waals surface area contributed by atoms with Gasteiger partial charge in [0.2, 0.25) is 0 Å². The van der Waals surface area contributed by atoms with Gasteiger partial charge in [-0.25, -0.2) is 0 Å². The van der Waals surface area contributed by atoms with Gasteiger partial charge < -0.3 is 14.5 Å². The molecule has 2 aromatic carbocycles. The Morgan fingerprint density at radius 2 is 1.82 bits per heavy atom. The van der Waals surface area contributed by atoms with E-state index in [4.69, 9.17) is 9.15 Å². The van der Waals surface area contributed by atoms with Crippen molar-refractivity contribution in [2.75, 3.05) is 12.4 Å². The first-order valence-electron chi connectivity index (χ1n) is 9.34. The van der Waals surface area contributed by atoms with Gasteiger partial charge in [-0.15, -0.1) is 0 Å². The molecule has 0 radical (unpaired) electrons. The molecule has 3 rings (SSSR count). The van der Waals surface area contributed by atoms with Gasteiger partial charge in [-0.05, 0) is 42.8 Å². The molecule has 1 amide bonds. The van der Waals surface area contributed by atoms with Crippen LogP contribution in [0.2, 0.25) is 0 Å². The molecule has 33 heavy (non-hydrogen) atoms. The van der Waals surface area contributed by atoms with Crippen LogP contribution < -0.4 is 10.1 Å². The lowest BCUT2D eigenvalue weighted by Crippen LogP contribution is -2.14. The normalized spacial score (nSPS) is 10.9. The number of anilines is 1. The number of nitro groups is 2. The minimum atomic E-state index is -0.877. The number of ether oxygens (including phenoxy) is 1. The average molecular weight is 448 g/mol. The zero-order valence-corrected chi connectivity index (χ0v) is 17.4. The predicted octanol–water partition coefficient (Wildman–Crippen LogP) is 4.63. The van der Waals surface area contributed by atoms with Crippen molar-refractivity contribution in [3.8, 4) is 23.1 Å². The van der Waals surface area contributed by atoms with Crippen molar-refractivity contribution in [2.24, 2.45) is 0 Å². The van der Waals surface area contributed by atoms with Crippen molar-refractivity contribution in [1.29, 1.82) is 5.26 Å². The van der Waals surface area contributed by atoms with Gasteiger partial charge in [0.25, 0.3) is 17.3 Å². The monoisotopic (exact) mass is 448 g/mol. The molecule has 3 aromatic rings. The van der Waals surface area contributed by atoms with Crippen molar-refractivity contribution in [3.05, 3.63) is 85.7 Å². The molecule has 11 nitrogen and oxygen atoms in total. The Kier molecular flexibility index (Phi) is 6.49. The lowest BCUT2D eigenvalue weighted by atomic mass is 10.1. The summed E-state index contributed by atoms with van der Waals surface area (Å²) >= 11 is 0. The van der Waals surface area contributed by atoms with Crippen LogP contribution >= 0.6 is 0 Å². The molecule has 0 bridgehead atoms. The molecule has 0 unspecified atom stereocenters. The molecule has 0 spiro atoms. The molecular weight excluding hydrogens is 432 g/mol. The number of carbonyl (C=O) groups excluding carboxylic acids is 1. The first-order chi connectivity index (χ1) is 15.7. The number of aryl methyl sites for hydroxylation is 1. The zero-order chi connectivity index (χ0) is 24.1. The summed E-state index contributed by atoms with van der Waals surface area (Å²) in [6.07, 6.45) is 1.13. The summed E-state index contributed by atoms with van der Waals surface area (Å²) in [5.41, 5.74) is -0.192. The molecule has 0 atom stereocenters. The quantitative estimate of drug-likeness (QED) is 0.237. The van der Waals surface area contributed by atoms with E-state index in [1.165, 1.54) is 49.6 Å². The van der Waals surface area contributed by atoms with Gasteiger partial charge in [-0.3, -0.25) is 25.0 Å². The van der Waals surface area contributed by atoms with Crippen molar-refractivity contribution in [1.82, 2.24) is 0 Å². The van der Waals surface area contributed by atoms with Crippen molar-refractivity contribution >= 4 is 29.0 Å². The van der Waals surface area contributed by atoms with E-state index in [0.717, 1.165) is 6.08 Å². The van der Waals surface area contributed by atoms with Gasteiger partial charge in [0.15, 0.2) is 0 Å². The first-order valence-corrected chi connectivity index (χ1v) is 9.34. The van der Waals surface area contributed by atoms with Crippen LogP contribution in [0.1, 0.15) is 11.3 Å². The van der Waals surface area contributed by atoms with E-state index in [2.05, 4.69) is 5.32 Å². The number of methoxy groups -OCH3 is 1. The second-order valence-corrected chi connectivity index (χ2v) is 6.74. The summed E-state index contributed by atoms with van der Waals surface area (Å²) < 4.78 is 10.6. The van der Waals surface area contributed by atoms with E-state index in [1.807, 2.05) is 0 Å². The SMILES string of the molecule is COc1ccc(-c2ccc(/C=C(\C#N)C(=O)Nc3ccc(C)cc3[N+](=O)[O-])o2)c([N+](=O)[O-])c1. The zero-order valence-electron chi connectivity index (χ0n) is 17.4. The second-order valence-electron chi connectivity index (χ2n) is 6.74. The molecule has 0 aliphatic carbocycles. The van der Waals surface area contributed by atoms with Crippen LogP contribution in [0.15, 0.2) is 58.5 Å². The predicted molar refractivity (Wildman–Crippen MR) is 117 cm³/mol. The standard InChI is InChI=1S/C22H16N4O7/c1-13-3-7-18(20(9-13)26(30)31)24-22(27)14(12-23)10-16-5-8-21(33-16)17-6-4-15(32-2)11-19(17)25(28)29/h3-11H,1-2H3,(H,24,27)/b14-10+. The molecule has 0 aliphatic heterocycles. The molecular formula is C22H16N4O7. The molecule has 0 saturated heterocycles. The van der Waals surface area contributed by atoms with Crippen molar-refractivity contribution in [3.63, 3.8) is 0 Å². The highest BCUT2D eigenvalue weighted by atomic mass is 16.6. The third-order valence-corrected chi connectivity index (χ3v) is 4.54. The first kappa shape index (κ1) is 22.7. The lowest BCUT2D eigenvalue weighted by Gasteiger charge is -2.06. The number of benzene rings is 2. The molecule has 166 valence electrons. The van der Waals surface area contributed by atoms with E-state index in [1.54, 1.807) is 19.1 Å². The van der Waals surface area contributed by atoms with Gasteiger partial charge in [0, 0.05) is 12.1 Å². The summed E-state index contributed by atoms with van der Waals surface area (Å²) in [6.45, 7) is 1.67. The Bertz CT molecular complexity index is 1330. The van der Waals surface area contributed by atoms with E-state index < -0.39 is 15.8 Å². The maximum atomic E-state index is 12.5. The third kappa shape index (κ3) is 5.02. The molecule has 1 N–H and O–H groups in total. The number of nitriles is 1. The minimum absolute atomic E-state index is 0.0641. The van der Waals surface area contributed by atoms with Gasteiger partial charge in [0.1, 0.15) is 34.6 Å². The number of amides is 1. The van der Waals surface area contributed by atoms with Gasteiger partial charge in [0.05, 0.1) is 28.6 Å². The highest BCUT2D eigenvalue weighted by Crippen LogP contribution is 2.34. The third-order valence-electron chi connectivity index (χ3n) is 4.54. The number of nitrogens with zero attached hydrogens (tertiary/aromatic N) is 3. The fourth-order valence-electron chi connectivity index (χ4n) is 2.95. The van der Waals surface area contributed by atoms with Crippen LogP contribution in [0.3, 0.4) is 0 Å². The maximum absolute atomic E-state index is 12.5. The van der Waals surface area contributed by atoms with Crippen LogP contribution in [0.5, 0.6) is 5.75 Å². The number of rotatable bonds is 7. The molecule has 1 heterocycles. The highest BCUT2D eigenvalue weighted by Gasteiger charge is 2.21. The molecule has 0 saturated carbocycles. The van der Waals surface area contributed by atoms with Gasteiger partial charge in [-0.1, -0.05) is 6.07 Å². The van der Waals surface area contributed by atoms with Crippen molar-refractivity contribution < 1.29 is 23.8 Å². The summed E-state index contributed by atoms with van der Waals surface area (Å²) in [7, 11) is 1.38. The van der Waals surface area contributed by atoms with Crippen LogP contribution in [0, 0.1) is 38.5 Å². The summed E-state index contributed by atoms with van der Waals surface area (Å²) in [5.74, 6) is -0.355. The number of nitrogens with one attached hydrogen (secondary N) is 1. The second kappa shape index (κ2) is 9.44. The largest absolute Gasteiger partial charge is 0.497 e. The molecule has 1 aromatic heterocycles. The Labute approximate surface area is 186 Å². The molecule has 0 aliphatic rings. The van der Waals surface area contributed by atoms with E-state index in [-0.39, 0.29) is 39.7 Å². The molecule has 0 fully saturated rings. The van der Waals surface area contributed by atoms with Gasteiger partial charge >= 0.3 is 0 Å². The fourth-order valence-corrected chi connectivity index (χ4v) is 2.95. The summed E-state index contributed by atoms with van der Waals surface area (Å²) in [4.78, 5) is 34.0. The van der Waals surface area contributed by atoms with Crippen LogP contribution in [-0.4, -0.2) is 22.9 Å². The van der Waals surface area contributed by atoms with Crippen molar-refractivity contribution in [2.45, 2.75) is 6.92 Å². The number of nitro benzene ring substituents is 2. The van der Waals surface area contributed by atoms with E-state index in [0.29, 0.717) is 11.3 Å². The average Bonchev–Trinajstić information content (AvgIpc) is 3.26. The number of furan rings is 1.